The standard InChI is InChI=1S/C11H18N4O3/c12-10(17)8-3-1-2-4-15(8)11(18)7-5-14-9(16)6-13-7/h7-8,13H,1-6H2,(H2,12,17)(H,14,16). The Balaban J connectivity index is 2.02. The van der Waals surface area contributed by atoms with E-state index in [4.69, 9.17) is 5.73 Å². The number of nitrogens with zero attached hydrogens (tertiary/aromatic N) is 1. The van der Waals surface area contributed by atoms with Crippen LogP contribution in [0.25, 0.3) is 0 Å². The Hall–Kier alpha value is -1.63. The van der Waals surface area contributed by atoms with Crippen molar-refractivity contribution in [2.24, 2.45) is 5.73 Å². The van der Waals surface area contributed by atoms with Gasteiger partial charge in [-0.15, -0.1) is 0 Å². The molecule has 0 radical (unpaired) electrons. The Bertz CT molecular complexity index is 361. The van der Waals surface area contributed by atoms with Crippen molar-refractivity contribution < 1.29 is 14.4 Å². The second-order valence-corrected chi connectivity index (χ2v) is 4.68. The number of hydrogen-bond donors (Lipinski definition) is 3. The molecule has 0 aliphatic carbocycles. The lowest BCUT2D eigenvalue weighted by Crippen LogP contribution is -2.62. The molecular weight excluding hydrogens is 236 g/mol. The summed E-state index contributed by atoms with van der Waals surface area (Å²) in [5.41, 5.74) is 5.32. The number of piperidine rings is 1. The van der Waals surface area contributed by atoms with Gasteiger partial charge in [0, 0.05) is 13.1 Å². The van der Waals surface area contributed by atoms with Gasteiger partial charge in [-0.25, -0.2) is 0 Å². The van der Waals surface area contributed by atoms with Gasteiger partial charge < -0.3 is 16.0 Å². The fourth-order valence-corrected chi connectivity index (χ4v) is 2.43. The maximum Gasteiger partial charge on any atom is 0.242 e. The summed E-state index contributed by atoms with van der Waals surface area (Å²) in [6, 6.07) is -0.965. The van der Waals surface area contributed by atoms with Gasteiger partial charge in [-0.3, -0.25) is 19.7 Å². The van der Waals surface area contributed by atoms with Crippen LogP contribution in [0.2, 0.25) is 0 Å². The molecule has 0 aromatic heterocycles. The third-order valence-electron chi connectivity index (χ3n) is 3.42. The minimum absolute atomic E-state index is 0.121. The molecule has 2 atom stereocenters. The molecule has 2 heterocycles. The van der Waals surface area contributed by atoms with E-state index in [0.717, 1.165) is 12.8 Å². The fraction of sp³-hybridized carbons (Fsp3) is 0.727. The van der Waals surface area contributed by atoms with Crippen LogP contribution in [0.15, 0.2) is 0 Å². The maximum absolute atomic E-state index is 12.3. The van der Waals surface area contributed by atoms with Gasteiger partial charge in [-0.1, -0.05) is 0 Å². The first-order valence-electron chi connectivity index (χ1n) is 6.19. The molecule has 7 nitrogen and oxygen atoms in total. The number of amides is 3. The molecule has 0 aromatic rings. The minimum Gasteiger partial charge on any atom is -0.368 e. The fourth-order valence-electron chi connectivity index (χ4n) is 2.43. The Kier molecular flexibility index (Phi) is 3.81. The smallest absolute Gasteiger partial charge is 0.242 e. The number of nitrogens with two attached hydrogens (primary N) is 1. The summed E-state index contributed by atoms with van der Waals surface area (Å²) in [5.74, 6) is -0.731. The lowest BCUT2D eigenvalue weighted by atomic mass is 10.00. The zero-order valence-corrected chi connectivity index (χ0v) is 10.1. The van der Waals surface area contributed by atoms with Crippen LogP contribution in [-0.4, -0.2) is 54.3 Å². The molecule has 0 aromatic carbocycles. The molecule has 2 aliphatic rings. The summed E-state index contributed by atoms with van der Waals surface area (Å²) < 4.78 is 0. The third-order valence-corrected chi connectivity index (χ3v) is 3.42. The van der Waals surface area contributed by atoms with Crippen molar-refractivity contribution in [1.29, 1.82) is 0 Å². The molecule has 2 rings (SSSR count). The molecule has 2 unspecified atom stereocenters. The van der Waals surface area contributed by atoms with Crippen LogP contribution >= 0.6 is 0 Å². The van der Waals surface area contributed by atoms with E-state index in [0.29, 0.717) is 13.0 Å². The van der Waals surface area contributed by atoms with Crippen LogP contribution in [0.5, 0.6) is 0 Å². The quantitative estimate of drug-likeness (QED) is 0.527. The second kappa shape index (κ2) is 5.34. The van der Waals surface area contributed by atoms with Gasteiger partial charge in [0.05, 0.1) is 6.54 Å². The highest BCUT2D eigenvalue weighted by molar-refractivity contribution is 5.91. The van der Waals surface area contributed by atoms with E-state index in [2.05, 4.69) is 10.6 Å². The Labute approximate surface area is 105 Å². The molecule has 100 valence electrons. The third kappa shape index (κ3) is 2.61. The van der Waals surface area contributed by atoms with Crippen LogP contribution in [0, 0.1) is 0 Å². The van der Waals surface area contributed by atoms with E-state index in [1.54, 1.807) is 4.90 Å². The first-order chi connectivity index (χ1) is 8.59. The molecule has 0 spiro atoms. The number of primary amides is 1. The summed E-state index contributed by atoms with van der Waals surface area (Å²) in [4.78, 5) is 36.2. The molecule has 7 heteroatoms. The van der Waals surface area contributed by atoms with Crippen molar-refractivity contribution in [1.82, 2.24) is 15.5 Å². The van der Waals surface area contributed by atoms with Gasteiger partial charge >= 0.3 is 0 Å². The van der Waals surface area contributed by atoms with E-state index in [9.17, 15) is 14.4 Å². The molecule has 18 heavy (non-hydrogen) atoms. The van der Waals surface area contributed by atoms with E-state index >= 15 is 0 Å². The Morgan fingerprint density at radius 2 is 2.11 bits per heavy atom. The van der Waals surface area contributed by atoms with Crippen molar-refractivity contribution in [3.05, 3.63) is 0 Å². The first-order valence-corrected chi connectivity index (χ1v) is 6.19. The van der Waals surface area contributed by atoms with Crippen molar-refractivity contribution in [3.8, 4) is 0 Å². The largest absolute Gasteiger partial charge is 0.368 e. The topological polar surface area (TPSA) is 105 Å². The lowest BCUT2D eigenvalue weighted by Gasteiger charge is -2.37. The first kappa shape index (κ1) is 12.8. The number of carbonyl (C=O) groups excluding carboxylic acids is 3. The zero-order chi connectivity index (χ0) is 13.1. The van der Waals surface area contributed by atoms with Gasteiger partial charge in [0.2, 0.25) is 17.7 Å². The molecule has 0 bridgehead atoms. The highest BCUT2D eigenvalue weighted by Gasteiger charge is 2.35. The maximum atomic E-state index is 12.3. The van der Waals surface area contributed by atoms with Gasteiger partial charge in [0.15, 0.2) is 0 Å². The molecule has 2 aliphatic heterocycles. The number of carbonyl (C=O) groups is 3. The van der Waals surface area contributed by atoms with Gasteiger partial charge in [0.25, 0.3) is 0 Å². The van der Waals surface area contributed by atoms with E-state index in [1.165, 1.54) is 0 Å². The van der Waals surface area contributed by atoms with Gasteiger partial charge in [-0.2, -0.15) is 0 Å². The average Bonchev–Trinajstić information content (AvgIpc) is 2.39. The zero-order valence-electron chi connectivity index (χ0n) is 10.1. The summed E-state index contributed by atoms with van der Waals surface area (Å²) in [5, 5.41) is 5.50. The normalized spacial score (nSPS) is 28.7. The molecule has 2 saturated heterocycles. The van der Waals surface area contributed by atoms with Gasteiger partial charge in [-0.05, 0) is 19.3 Å². The molecule has 2 fully saturated rings. The average molecular weight is 254 g/mol. The molecular formula is C11H18N4O3. The monoisotopic (exact) mass is 254 g/mol. The number of piperazine rings is 1. The van der Waals surface area contributed by atoms with Gasteiger partial charge in [0.1, 0.15) is 12.1 Å². The van der Waals surface area contributed by atoms with Crippen molar-refractivity contribution >= 4 is 17.7 Å². The molecule has 0 saturated carbocycles. The van der Waals surface area contributed by atoms with Crippen LogP contribution in [0.3, 0.4) is 0 Å². The predicted octanol–water partition coefficient (Wildman–Crippen LogP) is -2.06. The number of rotatable bonds is 2. The SMILES string of the molecule is NC(=O)C1CCCCN1C(=O)C1CNC(=O)CN1. The second-order valence-electron chi connectivity index (χ2n) is 4.68. The summed E-state index contributed by atoms with van der Waals surface area (Å²) in [7, 11) is 0. The van der Waals surface area contributed by atoms with Crippen LogP contribution in [-0.2, 0) is 14.4 Å². The van der Waals surface area contributed by atoms with E-state index < -0.39 is 18.0 Å². The Morgan fingerprint density at radius 3 is 2.72 bits per heavy atom. The van der Waals surface area contributed by atoms with Crippen LogP contribution in [0.4, 0.5) is 0 Å². The molecule has 4 N–H and O–H groups in total. The molecule has 3 amide bonds. The summed E-state index contributed by atoms with van der Waals surface area (Å²) in [6.45, 7) is 0.948. The number of hydrogen-bond acceptors (Lipinski definition) is 4. The van der Waals surface area contributed by atoms with Crippen molar-refractivity contribution in [3.63, 3.8) is 0 Å². The number of likely N-dealkylation sites (tertiary alicyclic amines) is 1. The summed E-state index contributed by atoms with van der Waals surface area (Å²) in [6.07, 6.45) is 2.42. The summed E-state index contributed by atoms with van der Waals surface area (Å²) >= 11 is 0. The lowest BCUT2D eigenvalue weighted by molar-refractivity contribution is -0.143. The highest BCUT2D eigenvalue weighted by atomic mass is 16.2. The van der Waals surface area contributed by atoms with Crippen LogP contribution in [0.1, 0.15) is 19.3 Å². The predicted molar refractivity (Wildman–Crippen MR) is 63.3 cm³/mol. The van der Waals surface area contributed by atoms with Crippen molar-refractivity contribution in [2.75, 3.05) is 19.6 Å². The van der Waals surface area contributed by atoms with E-state index in [1.807, 2.05) is 0 Å². The van der Waals surface area contributed by atoms with E-state index in [-0.39, 0.29) is 24.9 Å². The van der Waals surface area contributed by atoms with Crippen molar-refractivity contribution in [2.45, 2.75) is 31.3 Å². The van der Waals surface area contributed by atoms with Crippen LogP contribution < -0.4 is 16.4 Å². The Morgan fingerprint density at radius 1 is 1.33 bits per heavy atom. The highest BCUT2D eigenvalue weighted by Crippen LogP contribution is 2.17. The number of nitrogens with one attached hydrogen (secondary N) is 2. The minimum atomic E-state index is -0.509.